The van der Waals surface area contributed by atoms with Crippen LogP contribution in [-0.4, -0.2) is 50.5 Å². The number of anilines is 1. The van der Waals surface area contributed by atoms with Crippen molar-refractivity contribution in [3.63, 3.8) is 0 Å². The summed E-state index contributed by atoms with van der Waals surface area (Å²) in [6.07, 6.45) is 0.920. The molecular weight excluding hydrogens is 645 g/mol. The molecule has 11 nitrogen and oxygen atoms in total. The van der Waals surface area contributed by atoms with E-state index in [9.17, 15) is 19.2 Å². The van der Waals surface area contributed by atoms with Gasteiger partial charge in [0.05, 0.1) is 23.0 Å². The minimum Gasteiger partial charge on any atom is -0.458 e. The molecule has 5 aromatic rings. The number of benzene rings is 3. The zero-order chi connectivity index (χ0) is 31.9. The quantitative estimate of drug-likeness (QED) is 0.172. The number of hydrogen-bond acceptors (Lipinski definition) is 9. The molecule has 0 aliphatic rings. The number of rotatable bonds is 10. The van der Waals surface area contributed by atoms with Gasteiger partial charge < -0.3 is 9.47 Å². The molecule has 14 heteroatoms. The van der Waals surface area contributed by atoms with Crippen LogP contribution in [0.5, 0.6) is 0 Å². The van der Waals surface area contributed by atoms with Crippen LogP contribution in [0.2, 0.25) is 15.1 Å². The van der Waals surface area contributed by atoms with Crippen molar-refractivity contribution in [3.05, 3.63) is 127 Å². The lowest BCUT2D eigenvalue weighted by Crippen LogP contribution is -2.26. The smallest absolute Gasteiger partial charge is 0.338 e. The van der Waals surface area contributed by atoms with Gasteiger partial charge in [-0.05, 0) is 85.6 Å². The second-order valence-electron chi connectivity index (χ2n) is 9.59. The molecule has 0 unspecified atom stereocenters. The van der Waals surface area contributed by atoms with E-state index in [1.54, 1.807) is 36.4 Å². The van der Waals surface area contributed by atoms with E-state index in [-0.39, 0.29) is 47.7 Å². The van der Waals surface area contributed by atoms with Gasteiger partial charge in [-0.25, -0.2) is 19.6 Å². The Balaban J connectivity index is 1.28. The van der Waals surface area contributed by atoms with Gasteiger partial charge in [-0.3, -0.25) is 19.9 Å². The molecule has 0 aliphatic heterocycles. The van der Waals surface area contributed by atoms with Crippen LogP contribution in [0.15, 0.2) is 83.8 Å². The van der Waals surface area contributed by atoms with Crippen LogP contribution in [-0.2, 0) is 15.9 Å². The Morgan fingerprint density at radius 3 is 1.93 bits per heavy atom. The maximum absolute atomic E-state index is 12.8. The van der Waals surface area contributed by atoms with Crippen LogP contribution in [0.3, 0.4) is 0 Å². The van der Waals surface area contributed by atoms with Gasteiger partial charge >= 0.3 is 11.9 Å². The minimum absolute atomic E-state index is 0.0107. The molecule has 5 rings (SSSR count). The second kappa shape index (κ2) is 14.3. The monoisotopic (exact) mass is 665 g/mol. The van der Waals surface area contributed by atoms with Crippen LogP contribution >= 0.6 is 34.8 Å². The molecule has 0 radical (unpaired) electrons. The molecular formula is C31H22Cl3N5O6. The summed E-state index contributed by atoms with van der Waals surface area (Å²) in [6, 6.07) is 18.5. The van der Waals surface area contributed by atoms with E-state index in [0.29, 0.717) is 26.3 Å². The predicted molar refractivity (Wildman–Crippen MR) is 168 cm³/mol. The van der Waals surface area contributed by atoms with Crippen molar-refractivity contribution >= 4 is 69.8 Å². The number of amides is 1. The Morgan fingerprint density at radius 2 is 1.33 bits per heavy atom. The molecule has 0 aliphatic carbocycles. The molecule has 3 aromatic carbocycles. The molecule has 2 N–H and O–H groups in total. The van der Waals surface area contributed by atoms with Crippen LogP contribution < -0.4 is 10.9 Å². The molecule has 1 amide bonds. The highest BCUT2D eigenvalue weighted by Gasteiger charge is 2.20. The Hall–Kier alpha value is -4.84. The van der Waals surface area contributed by atoms with Gasteiger partial charge in [0, 0.05) is 20.6 Å². The molecule has 228 valence electrons. The first-order chi connectivity index (χ1) is 21.6. The highest BCUT2D eigenvalue weighted by molar-refractivity contribution is 6.31. The van der Waals surface area contributed by atoms with Gasteiger partial charge in [0.2, 0.25) is 5.95 Å². The van der Waals surface area contributed by atoms with Crippen molar-refractivity contribution in [3.8, 4) is 0 Å². The van der Waals surface area contributed by atoms with Crippen LogP contribution in [0.4, 0.5) is 5.95 Å². The summed E-state index contributed by atoms with van der Waals surface area (Å²) in [4.78, 5) is 66.0. The minimum atomic E-state index is -0.871. The lowest BCUT2D eigenvalue weighted by Gasteiger charge is -2.18. The normalized spacial score (nSPS) is 11.5. The maximum Gasteiger partial charge on any atom is 0.338 e. The van der Waals surface area contributed by atoms with E-state index in [1.807, 2.05) is 0 Å². The summed E-state index contributed by atoms with van der Waals surface area (Å²) < 4.78 is 11.1. The summed E-state index contributed by atoms with van der Waals surface area (Å²) in [5.74, 6) is -1.88. The van der Waals surface area contributed by atoms with Crippen molar-refractivity contribution in [2.24, 2.45) is 0 Å². The zero-order valence-electron chi connectivity index (χ0n) is 23.1. The number of carbonyl (C=O) groups excluding carboxylic acids is 3. The first kappa shape index (κ1) is 31.6. The number of aromatic nitrogens is 4. The third-order valence-corrected chi connectivity index (χ3v) is 7.12. The fourth-order valence-corrected chi connectivity index (χ4v) is 4.42. The zero-order valence-corrected chi connectivity index (χ0v) is 25.4. The molecule has 2 heterocycles. The van der Waals surface area contributed by atoms with E-state index in [1.165, 1.54) is 42.6 Å². The van der Waals surface area contributed by atoms with Gasteiger partial charge in [-0.1, -0.05) is 34.8 Å². The average Bonchev–Trinajstić information content (AvgIpc) is 3.03. The summed E-state index contributed by atoms with van der Waals surface area (Å²) in [5, 5.41) is 3.91. The van der Waals surface area contributed by atoms with Gasteiger partial charge in [0.25, 0.3) is 11.5 Å². The number of aryl methyl sites for hydroxylation is 1. The van der Waals surface area contributed by atoms with Crippen molar-refractivity contribution in [1.82, 2.24) is 19.9 Å². The number of carbonyl (C=O) groups is 3. The van der Waals surface area contributed by atoms with Crippen molar-refractivity contribution in [2.75, 3.05) is 11.9 Å². The first-order valence-electron chi connectivity index (χ1n) is 13.4. The topological polar surface area (TPSA) is 153 Å². The van der Waals surface area contributed by atoms with E-state index < -0.39 is 29.5 Å². The van der Waals surface area contributed by atoms with Crippen LogP contribution in [0, 0.1) is 0 Å². The Bertz CT molecular complexity index is 1920. The highest BCUT2D eigenvalue weighted by atomic mass is 35.5. The Morgan fingerprint density at radius 1 is 0.778 bits per heavy atom. The molecule has 0 fully saturated rings. The molecule has 45 heavy (non-hydrogen) atoms. The fraction of sp³-hybridized carbons (Fsp3) is 0.129. The molecule has 0 bridgehead atoms. The first-order valence-corrected chi connectivity index (χ1v) is 14.5. The van der Waals surface area contributed by atoms with Crippen molar-refractivity contribution < 1.29 is 23.9 Å². The molecule has 0 saturated heterocycles. The number of H-pyrrole nitrogens is 1. The molecule has 0 spiro atoms. The van der Waals surface area contributed by atoms with E-state index in [0.717, 1.165) is 0 Å². The van der Waals surface area contributed by atoms with Crippen molar-refractivity contribution in [2.45, 2.75) is 18.9 Å². The molecule has 0 saturated carbocycles. The standard InChI is InChI=1S/C31H22Cl3N5O6/c32-20-7-1-17(2-8-20)27(40)38-31-37-26-25(28(41)39-31)36-23(15-35-26)13-14-24(45-30(43)19-5-11-22(34)12-6-19)16-44-29(42)18-3-9-21(33)10-4-18/h1-12,15,24H,13-14,16H2,(H2,35,37,38,39,40,41)/t24-/m0/s1. The van der Waals surface area contributed by atoms with E-state index in [2.05, 4.69) is 25.3 Å². The predicted octanol–water partition coefficient (Wildman–Crippen LogP) is 5.94. The van der Waals surface area contributed by atoms with Gasteiger partial charge in [0.1, 0.15) is 12.7 Å². The summed E-state index contributed by atoms with van der Waals surface area (Å²) in [5.41, 5.74) is 0.576. The van der Waals surface area contributed by atoms with E-state index in [4.69, 9.17) is 44.3 Å². The lowest BCUT2D eigenvalue weighted by atomic mass is 10.1. The third-order valence-electron chi connectivity index (χ3n) is 6.36. The molecule has 2 aromatic heterocycles. The summed E-state index contributed by atoms with van der Waals surface area (Å²) in [6.45, 7) is -0.249. The SMILES string of the molecule is O=C(Nc1nc2ncc(CC[C@@H](COC(=O)c3ccc(Cl)cc3)OC(=O)c3ccc(Cl)cc3)nc2c(=O)[nH]1)c1ccc(Cl)cc1. The van der Waals surface area contributed by atoms with Gasteiger partial charge in [-0.2, -0.15) is 4.98 Å². The fourth-order valence-electron chi connectivity index (χ4n) is 4.04. The number of esters is 2. The van der Waals surface area contributed by atoms with Crippen LogP contribution in [0.1, 0.15) is 43.2 Å². The lowest BCUT2D eigenvalue weighted by molar-refractivity contribution is -0.00272. The average molecular weight is 667 g/mol. The maximum atomic E-state index is 12.8. The van der Waals surface area contributed by atoms with E-state index >= 15 is 0 Å². The third kappa shape index (κ3) is 8.42. The largest absolute Gasteiger partial charge is 0.458 e. The molecule has 1 atom stereocenters. The summed E-state index contributed by atoms with van der Waals surface area (Å²) in [7, 11) is 0. The van der Waals surface area contributed by atoms with Crippen molar-refractivity contribution in [1.29, 1.82) is 0 Å². The number of aromatic amines is 1. The van der Waals surface area contributed by atoms with Crippen LogP contribution in [0.25, 0.3) is 11.2 Å². The number of nitrogens with one attached hydrogen (secondary N) is 2. The number of nitrogens with zero attached hydrogens (tertiary/aromatic N) is 3. The number of fused-ring (bicyclic) bond motifs is 1. The number of halogens is 3. The summed E-state index contributed by atoms with van der Waals surface area (Å²) >= 11 is 17.7. The Labute approximate surface area is 270 Å². The number of ether oxygens (including phenoxy) is 2. The van der Waals surface area contributed by atoms with Gasteiger partial charge in [-0.15, -0.1) is 0 Å². The number of hydrogen-bond donors (Lipinski definition) is 2. The highest BCUT2D eigenvalue weighted by Crippen LogP contribution is 2.16. The van der Waals surface area contributed by atoms with Gasteiger partial charge in [0.15, 0.2) is 11.2 Å². The Kier molecular flexibility index (Phi) is 10.0. The second-order valence-corrected chi connectivity index (χ2v) is 10.9.